The summed E-state index contributed by atoms with van der Waals surface area (Å²) in [6.07, 6.45) is -3.64. The summed E-state index contributed by atoms with van der Waals surface area (Å²) in [5.74, 6) is 2.83. The summed E-state index contributed by atoms with van der Waals surface area (Å²) < 4.78 is 43.9. The third-order valence-electron chi connectivity index (χ3n) is 4.61. The zero-order chi connectivity index (χ0) is 22.0. The molecule has 0 saturated carbocycles. The molecule has 1 aromatic carbocycles. The summed E-state index contributed by atoms with van der Waals surface area (Å²) in [5, 5.41) is 14.4. The van der Waals surface area contributed by atoms with Crippen LogP contribution in [0.15, 0.2) is 29.3 Å². The van der Waals surface area contributed by atoms with Crippen LogP contribution in [0.2, 0.25) is 0 Å². The molecule has 30 heavy (non-hydrogen) atoms. The second-order valence-corrected chi connectivity index (χ2v) is 6.91. The van der Waals surface area contributed by atoms with Gasteiger partial charge in [-0.3, -0.25) is 0 Å². The number of nitrogens with one attached hydrogen (secondary N) is 2. The lowest BCUT2D eigenvalue weighted by molar-refractivity contribution is -0.135. The lowest BCUT2D eigenvalue weighted by atomic mass is 10.1. The first-order valence-electron chi connectivity index (χ1n) is 9.85. The lowest BCUT2D eigenvalue weighted by Crippen LogP contribution is -2.39. The van der Waals surface area contributed by atoms with Gasteiger partial charge in [0, 0.05) is 26.6 Å². The molecule has 0 fully saturated rings. The molecule has 1 aromatic heterocycles. The smallest absolute Gasteiger partial charge is 0.389 e. The highest BCUT2D eigenvalue weighted by Gasteiger charge is 2.25. The summed E-state index contributed by atoms with van der Waals surface area (Å²) in [6, 6.07) is 7.79. The molecule has 0 amide bonds. The molecule has 1 heterocycles. The first-order chi connectivity index (χ1) is 14.3. The third kappa shape index (κ3) is 8.30. The predicted octanol–water partition coefficient (Wildman–Crippen LogP) is 3.14. The van der Waals surface area contributed by atoms with Gasteiger partial charge in [0.15, 0.2) is 11.8 Å². The molecular formula is C20H29F3N6O. The molecular weight excluding hydrogens is 397 g/mol. The van der Waals surface area contributed by atoms with E-state index in [-0.39, 0.29) is 6.42 Å². The van der Waals surface area contributed by atoms with Gasteiger partial charge in [0.25, 0.3) is 0 Å². The molecule has 0 bridgehead atoms. The molecule has 10 heteroatoms. The minimum atomic E-state index is -4.11. The van der Waals surface area contributed by atoms with Crippen molar-refractivity contribution in [1.29, 1.82) is 0 Å². The van der Waals surface area contributed by atoms with Gasteiger partial charge in [-0.1, -0.05) is 12.1 Å². The highest BCUT2D eigenvalue weighted by Crippen LogP contribution is 2.21. The van der Waals surface area contributed by atoms with E-state index in [2.05, 4.69) is 25.8 Å². The number of guanidine groups is 1. The van der Waals surface area contributed by atoms with Crippen LogP contribution in [0.4, 0.5) is 13.2 Å². The summed E-state index contributed by atoms with van der Waals surface area (Å²) >= 11 is 0. The zero-order valence-corrected chi connectivity index (χ0v) is 17.6. The maximum absolute atomic E-state index is 12.3. The number of hydrogen-bond donors (Lipinski definition) is 2. The second kappa shape index (κ2) is 11.4. The number of hydrogen-bond acceptors (Lipinski definition) is 4. The molecule has 2 N–H and O–H groups in total. The summed E-state index contributed by atoms with van der Waals surface area (Å²) in [4.78, 5) is 4.50. The van der Waals surface area contributed by atoms with Gasteiger partial charge in [0.05, 0.1) is 7.11 Å². The van der Waals surface area contributed by atoms with Gasteiger partial charge in [0.1, 0.15) is 18.1 Å². The number of benzene rings is 1. The average molecular weight is 426 g/mol. The van der Waals surface area contributed by atoms with Gasteiger partial charge in [-0.2, -0.15) is 13.2 Å². The summed E-state index contributed by atoms with van der Waals surface area (Å²) in [7, 11) is 3.49. The fraction of sp³-hybridized carbons (Fsp3) is 0.550. The number of aryl methyl sites for hydroxylation is 1. The van der Waals surface area contributed by atoms with E-state index in [1.54, 1.807) is 7.11 Å². The Bertz CT molecular complexity index is 802. The molecule has 0 atom stereocenters. The van der Waals surface area contributed by atoms with Gasteiger partial charge in [-0.05, 0) is 43.9 Å². The van der Waals surface area contributed by atoms with Crippen molar-refractivity contribution in [1.82, 2.24) is 25.4 Å². The molecule has 0 aliphatic heterocycles. The Kier molecular flexibility index (Phi) is 8.94. The molecule has 0 radical (unpaired) electrons. The molecule has 0 unspecified atom stereocenters. The van der Waals surface area contributed by atoms with Crippen molar-refractivity contribution in [3.8, 4) is 5.75 Å². The van der Waals surface area contributed by atoms with Crippen molar-refractivity contribution in [3.05, 3.63) is 41.5 Å². The Hall–Kier alpha value is -2.78. The van der Waals surface area contributed by atoms with Crippen LogP contribution < -0.4 is 15.4 Å². The first kappa shape index (κ1) is 23.5. The van der Waals surface area contributed by atoms with Crippen LogP contribution in [-0.2, 0) is 20.0 Å². The van der Waals surface area contributed by atoms with Crippen LogP contribution in [0.5, 0.6) is 5.75 Å². The largest absolute Gasteiger partial charge is 0.497 e. The van der Waals surface area contributed by atoms with E-state index in [1.165, 1.54) is 0 Å². The van der Waals surface area contributed by atoms with Crippen molar-refractivity contribution in [2.75, 3.05) is 20.2 Å². The van der Waals surface area contributed by atoms with E-state index in [0.29, 0.717) is 37.8 Å². The number of alkyl halides is 3. The average Bonchev–Trinajstić information content (AvgIpc) is 3.03. The molecule has 2 aromatic rings. The molecule has 0 saturated heterocycles. The van der Waals surface area contributed by atoms with Crippen molar-refractivity contribution in [2.45, 2.75) is 45.3 Å². The number of halogens is 3. The topological polar surface area (TPSA) is 76.4 Å². The monoisotopic (exact) mass is 426 g/mol. The number of aromatic nitrogens is 3. The molecule has 2 rings (SSSR count). The Morgan fingerprint density at radius 3 is 2.40 bits per heavy atom. The van der Waals surface area contributed by atoms with Gasteiger partial charge >= 0.3 is 6.18 Å². The van der Waals surface area contributed by atoms with E-state index in [4.69, 9.17) is 4.74 Å². The maximum Gasteiger partial charge on any atom is 0.389 e. The van der Waals surface area contributed by atoms with Crippen molar-refractivity contribution in [3.63, 3.8) is 0 Å². The molecule has 0 aliphatic rings. The van der Waals surface area contributed by atoms with Crippen LogP contribution in [0.25, 0.3) is 0 Å². The van der Waals surface area contributed by atoms with E-state index in [0.717, 1.165) is 23.6 Å². The van der Waals surface area contributed by atoms with Gasteiger partial charge in [0.2, 0.25) is 0 Å². The van der Waals surface area contributed by atoms with E-state index < -0.39 is 12.6 Å². The fourth-order valence-electron chi connectivity index (χ4n) is 2.69. The number of rotatable bonds is 10. The minimum Gasteiger partial charge on any atom is -0.497 e. The Balaban J connectivity index is 1.88. The van der Waals surface area contributed by atoms with Crippen LogP contribution in [0.1, 0.15) is 36.5 Å². The Labute approximate surface area is 174 Å². The quantitative estimate of drug-likeness (QED) is 0.347. The van der Waals surface area contributed by atoms with Crippen molar-refractivity contribution < 1.29 is 17.9 Å². The van der Waals surface area contributed by atoms with Crippen molar-refractivity contribution in [2.24, 2.45) is 12.0 Å². The van der Waals surface area contributed by atoms with Gasteiger partial charge in [-0.25, -0.2) is 4.99 Å². The molecule has 166 valence electrons. The van der Waals surface area contributed by atoms with Crippen LogP contribution in [0, 0.1) is 6.92 Å². The van der Waals surface area contributed by atoms with Crippen LogP contribution in [-0.4, -0.2) is 47.1 Å². The van der Waals surface area contributed by atoms with E-state index >= 15 is 0 Å². The first-order valence-corrected chi connectivity index (χ1v) is 9.85. The summed E-state index contributed by atoms with van der Waals surface area (Å²) in [5.41, 5.74) is 1.14. The van der Waals surface area contributed by atoms with Crippen molar-refractivity contribution >= 4 is 5.96 Å². The lowest BCUT2D eigenvalue weighted by Gasteiger charge is -2.13. The van der Waals surface area contributed by atoms with Crippen LogP contribution >= 0.6 is 0 Å². The maximum atomic E-state index is 12.3. The zero-order valence-electron chi connectivity index (χ0n) is 17.6. The normalized spacial score (nSPS) is 12.1. The second-order valence-electron chi connectivity index (χ2n) is 6.91. The fourth-order valence-corrected chi connectivity index (χ4v) is 2.69. The predicted molar refractivity (Wildman–Crippen MR) is 109 cm³/mol. The standard InChI is InChI=1S/C20H29F3N6O/c1-15-27-28-18(29(15)2)14-26-19(24-12-5-4-11-20(21,22)23)25-13-10-16-6-8-17(30-3)9-7-16/h6-9H,4-5,10-14H2,1-3H3,(H2,24,25,26). The summed E-state index contributed by atoms with van der Waals surface area (Å²) in [6.45, 7) is 3.20. The minimum absolute atomic E-state index is 0.0815. The number of methoxy groups -OCH3 is 1. The number of aliphatic imine (C=N–C) groups is 1. The van der Waals surface area contributed by atoms with Gasteiger partial charge in [-0.15, -0.1) is 10.2 Å². The third-order valence-corrected chi connectivity index (χ3v) is 4.61. The molecule has 7 nitrogen and oxygen atoms in total. The van der Waals surface area contributed by atoms with E-state index in [1.807, 2.05) is 42.8 Å². The van der Waals surface area contributed by atoms with E-state index in [9.17, 15) is 13.2 Å². The number of ether oxygens (including phenoxy) is 1. The molecule has 0 spiro atoms. The van der Waals surface area contributed by atoms with Crippen LogP contribution in [0.3, 0.4) is 0 Å². The highest BCUT2D eigenvalue weighted by atomic mass is 19.4. The molecule has 0 aliphatic carbocycles. The Morgan fingerprint density at radius 1 is 1.10 bits per heavy atom. The highest BCUT2D eigenvalue weighted by molar-refractivity contribution is 5.79. The number of nitrogens with zero attached hydrogens (tertiary/aromatic N) is 4. The Morgan fingerprint density at radius 2 is 1.80 bits per heavy atom. The SMILES string of the molecule is COc1ccc(CCNC(=NCc2nnc(C)n2C)NCCCCC(F)(F)F)cc1. The number of unbranched alkanes of at least 4 members (excludes halogenated alkanes) is 1. The van der Waals surface area contributed by atoms with Gasteiger partial charge < -0.3 is 19.9 Å².